The number of aromatic nitrogens is 1. The summed E-state index contributed by atoms with van der Waals surface area (Å²) < 4.78 is 4.36. The first-order chi connectivity index (χ1) is 3.80. The first-order valence-electron chi connectivity index (χ1n) is 1.91. The van der Waals surface area contributed by atoms with Crippen LogP contribution >= 0.6 is 22.6 Å². The lowest BCUT2D eigenvalue weighted by molar-refractivity contribution is 0.107. The Kier molecular flexibility index (Phi) is 1.62. The highest BCUT2D eigenvalue weighted by molar-refractivity contribution is 14.1. The van der Waals surface area contributed by atoms with Crippen LogP contribution in [-0.2, 0) is 0 Å². The van der Waals surface area contributed by atoms with Gasteiger partial charge in [-0.15, -0.1) is 0 Å². The number of hydrogen-bond acceptors (Lipinski definition) is 3. The van der Waals surface area contributed by atoms with Crippen LogP contribution in [0, 0.1) is 0 Å². The van der Waals surface area contributed by atoms with Crippen molar-refractivity contribution in [3.63, 3.8) is 0 Å². The molecule has 0 saturated heterocycles. The monoisotopic (exact) mass is 223 g/mol. The zero-order valence-corrected chi connectivity index (χ0v) is 5.95. The minimum absolute atomic E-state index is 0.125. The molecule has 0 atom stereocenters. The topological polar surface area (TPSA) is 43.1 Å². The molecule has 1 aromatic heterocycles. The lowest BCUT2D eigenvalue weighted by Gasteiger charge is -1.75. The molecule has 3 nitrogen and oxygen atoms in total. The van der Waals surface area contributed by atoms with Crippen LogP contribution in [0.25, 0.3) is 0 Å². The number of halogens is 1. The van der Waals surface area contributed by atoms with Crippen LogP contribution in [0.4, 0.5) is 0 Å². The van der Waals surface area contributed by atoms with E-state index < -0.39 is 0 Å². The van der Waals surface area contributed by atoms with E-state index in [2.05, 4.69) is 9.68 Å². The maximum atomic E-state index is 10.4. The van der Waals surface area contributed by atoms with Crippen molar-refractivity contribution in [3.8, 4) is 0 Å². The molecule has 0 amide bonds. The van der Waals surface area contributed by atoms with Gasteiger partial charge in [-0.2, -0.15) is 0 Å². The predicted molar refractivity (Wildman–Crippen MR) is 34.9 cm³/mol. The number of rotatable bonds is 1. The van der Waals surface area contributed by atoms with Crippen LogP contribution in [0.1, 0.15) is 10.6 Å². The molecular weight excluding hydrogens is 221 g/mol. The summed E-state index contributed by atoms with van der Waals surface area (Å²) in [5.41, 5.74) is 0. The second-order valence-electron chi connectivity index (χ2n) is 1.15. The summed E-state index contributed by atoms with van der Waals surface area (Å²) in [5.74, 6) is 0.297. The summed E-state index contributed by atoms with van der Waals surface area (Å²) in [5, 5.41) is 3.34. The predicted octanol–water partition coefficient (Wildman–Crippen LogP) is 1.25. The molecule has 0 N–H and O–H groups in total. The molecule has 0 spiro atoms. The van der Waals surface area contributed by atoms with Gasteiger partial charge in [-0.05, 0) is 0 Å². The highest BCUT2D eigenvalue weighted by Gasteiger charge is 2.01. The van der Waals surface area contributed by atoms with Crippen LogP contribution in [0.2, 0.25) is 0 Å². The van der Waals surface area contributed by atoms with Crippen molar-refractivity contribution in [1.29, 1.82) is 0 Å². The molecule has 0 aliphatic rings. The van der Waals surface area contributed by atoms with Gasteiger partial charge in [0.15, 0.2) is 0 Å². The molecule has 0 fully saturated rings. The first kappa shape index (κ1) is 5.74. The standard InChI is InChI=1S/C4H2INO2/c5-4(7)3-1-2-6-8-3/h1-2H. The van der Waals surface area contributed by atoms with Crippen LogP contribution in [0.5, 0.6) is 0 Å². The van der Waals surface area contributed by atoms with Crippen LogP contribution in [-0.4, -0.2) is 8.95 Å². The Bertz CT molecular complexity index is 182. The largest absolute Gasteiger partial charge is 0.352 e. The van der Waals surface area contributed by atoms with Crippen LogP contribution in [0.15, 0.2) is 16.8 Å². The molecule has 4 heteroatoms. The van der Waals surface area contributed by atoms with Gasteiger partial charge in [-0.3, -0.25) is 4.79 Å². The molecule has 0 aliphatic carbocycles. The summed E-state index contributed by atoms with van der Waals surface area (Å²) in [6, 6.07) is 1.52. The summed E-state index contributed by atoms with van der Waals surface area (Å²) in [7, 11) is 0. The van der Waals surface area contributed by atoms with E-state index in [-0.39, 0.29) is 3.79 Å². The first-order valence-corrected chi connectivity index (χ1v) is 2.99. The summed E-state index contributed by atoms with van der Waals surface area (Å²) in [6.45, 7) is 0. The van der Waals surface area contributed by atoms with Crippen molar-refractivity contribution in [3.05, 3.63) is 18.0 Å². The van der Waals surface area contributed by atoms with Gasteiger partial charge in [0.2, 0.25) is 5.76 Å². The van der Waals surface area contributed by atoms with E-state index in [0.29, 0.717) is 5.76 Å². The molecule has 0 bridgehead atoms. The van der Waals surface area contributed by atoms with E-state index in [1.807, 2.05) is 0 Å². The lowest BCUT2D eigenvalue weighted by atomic mass is 10.5. The number of carbonyl (C=O) groups is 1. The fourth-order valence-electron chi connectivity index (χ4n) is 0.317. The Morgan fingerprint density at radius 3 is 2.88 bits per heavy atom. The van der Waals surface area contributed by atoms with Gasteiger partial charge < -0.3 is 4.52 Å². The van der Waals surface area contributed by atoms with Gasteiger partial charge >= 0.3 is 0 Å². The van der Waals surface area contributed by atoms with Crippen molar-refractivity contribution in [1.82, 2.24) is 5.16 Å². The van der Waals surface area contributed by atoms with E-state index in [4.69, 9.17) is 0 Å². The van der Waals surface area contributed by atoms with Crippen molar-refractivity contribution in [2.24, 2.45) is 0 Å². The normalized spacial score (nSPS) is 9.12. The third-order valence-electron chi connectivity index (χ3n) is 0.632. The summed E-state index contributed by atoms with van der Waals surface area (Å²) in [6.07, 6.45) is 1.44. The Balaban J connectivity index is 2.93. The smallest absolute Gasteiger partial charge is 0.260 e. The molecule has 0 saturated carbocycles. The van der Waals surface area contributed by atoms with E-state index >= 15 is 0 Å². The third-order valence-corrected chi connectivity index (χ3v) is 1.16. The average molecular weight is 223 g/mol. The minimum atomic E-state index is -0.125. The van der Waals surface area contributed by atoms with Crippen LogP contribution < -0.4 is 0 Å². The third kappa shape index (κ3) is 1.06. The Labute approximate surface area is 59.2 Å². The van der Waals surface area contributed by atoms with Crippen molar-refractivity contribution >= 4 is 26.4 Å². The van der Waals surface area contributed by atoms with E-state index in [1.165, 1.54) is 12.3 Å². The maximum Gasteiger partial charge on any atom is 0.260 e. The molecule has 0 radical (unpaired) electrons. The fraction of sp³-hybridized carbons (Fsp3) is 0. The second-order valence-corrected chi connectivity index (χ2v) is 2.13. The lowest BCUT2D eigenvalue weighted by Crippen LogP contribution is -1.79. The van der Waals surface area contributed by atoms with Gasteiger partial charge in [-0.25, -0.2) is 0 Å². The fourth-order valence-corrected chi connectivity index (χ4v) is 0.595. The number of hydrogen-bond donors (Lipinski definition) is 0. The van der Waals surface area contributed by atoms with Gasteiger partial charge in [0, 0.05) is 28.7 Å². The summed E-state index contributed by atoms with van der Waals surface area (Å²) >= 11 is 1.63. The zero-order chi connectivity index (χ0) is 5.98. The molecule has 0 aliphatic heterocycles. The molecule has 0 unspecified atom stereocenters. The van der Waals surface area contributed by atoms with Crippen molar-refractivity contribution in [2.45, 2.75) is 0 Å². The quantitative estimate of drug-likeness (QED) is 0.531. The molecule has 8 heavy (non-hydrogen) atoms. The zero-order valence-electron chi connectivity index (χ0n) is 3.80. The summed E-state index contributed by atoms with van der Waals surface area (Å²) in [4.78, 5) is 10.4. The Morgan fingerprint density at radius 2 is 2.62 bits per heavy atom. The van der Waals surface area contributed by atoms with Gasteiger partial charge in [0.1, 0.15) is 0 Å². The van der Waals surface area contributed by atoms with Gasteiger partial charge in [0.25, 0.3) is 3.79 Å². The molecule has 1 rings (SSSR count). The Hall–Kier alpha value is -0.390. The maximum absolute atomic E-state index is 10.4. The second kappa shape index (κ2) is 2.25. The van der Waals surface area contributed by atoms with E-state index in [1.54, 1.807) is 22.6 Å². The van der Waals surface area contributed by atoms with E-state index in [9.17, 15) is 4.79 Å². The average Bonchev–Trinajstić information content (AvgIpc) is 2.12. The van der Waals surface area contributed by atoms with Gasteiger partial charge in [0.05, 0.1) is 6.20 Å². The highest BCUT2D eigenvalue weighted by Crippen LogP contribution is 2.02. The Morgan fingerprint density at radius 1 is 1.88 bits per heavy atom. The minimum Gasteiger partial charge on any atom is -0.352 e. The van der Waals surface area contributed by atoms with E-state index in [0.717, 1.165) is 0 Å². The SMILES string of the molecule is O=C(I)c1ccno1. The molecule has 1 heterocycles. The van der Waals surface area contributed by atoms with Gasteiger partial charge in [-0.1, -0.05) is 5.16 Å². The molecule has 0 aromatic carbocycles. The van der Waals surface area contributed by atoms with Crippen molar-refractivity contribution in [2.75, 3.05) is 0 Å². The molecule has 1 aromatic rings. The van der Waals surface area contributed by atoms with Crippen LogP contribution in [0.3, 0.4) is 0 Å². The number of nitrogens with zero attached hydrogens (tertiary/aromatic N) is 1. The number of carbonyl (C=O) groups excluding carboxylic acids is 1. The highest BCUT2D eigenvalue weighted by atomic mass is 127. The molecular formula is C4H2INO2. The molecule has 42 valence electrons. The van der Waals surface area contributed by atoms with Crippen molar-refractivity contribution < 1.29 is 9.32 Å².